The fourth-order valence-corrected chi connectivity index (χ4v) is 3.65. The highest BCUT2D eigenvalue weighted by Gasteiger charge is 2.38. The summed E-state index contributed by atoms with van der Waals surface area (Å²) in [6, 6.07) is 15.5. The quantitative estimate of drug-likeness (QED) is 0.698. The van der Waals surface area contributed by atoms with Crippen LogP contribution in [0.3, 0.4) is 0 Å². The van der Waals surface area contributed by atoms with E-state index in [1.54, 1.807) is 0 Å². The van der Waals surface area contributed by atoms with E-state index >= 15 is 0 Å². The van der Waals surface area contributed by atoms with Crippen LogP contribution in [0.25, 0.3) is 0 Å². The van der Waals surface area contributed by atoms with Crippen LogP contribution in [0.2, 0.25) is 0 Å². The molecule has 0 amide bonds. The Labute approximate surface area is 177 Å². The second-order valence-corrected chi connectivity index (χ2v) is 7.59. The zero-order chi connectivity index (χ0) is 21.7. The van der Waals surface area contributed by atoms with Crippen molar-refractivity contribution >= 4 is 23.3 Å². The first-order valence-corrected chi connectivity index (χ1v) is 9.96. The highest BCUT2D eigenvalue weighted by atomic mass is 16.5. The first-order chi connectivity index (χ1) is 14.4. The number of carbonyl (C=O) groups excluding carboxylic acids is 2. The van der Waals surface area contributed by atoms with Gasteiger partial charge in [0.25, 0.3) is 0 Å². The number of benzene rings is 2. The molecule has 0 fully saturated rings. The average molecular weight is 408 g/mol. The van der Waals surface area contributed by atoms with E-state index in [2.05, 4.69) is 10.6 Å². The predicted octanol–water partition coefficient (Wildman–Crippen LogP) is 4.21. The fraction of sp³-hybridized carbons (Fsp3) is 0.333. The summed E-state index contributed by atoms with van der Waals surface area (Å²) in [5.41, 5.74) is 5.24. The van der Waals surface area contributed by atoms with E-state index in [1.165, 1.54) is 14.2 Å². The monoisotopic (exact) mass is 408 g/mol. The van der Waals surface area contributed by atoms with E-state index in [1.807, 2.05) is 62.4 Å². The van der Waals surface area contributed by atoms with Crippen molar-refractivity contribution in [2.45, 2.75) is 32.7 Å². The van der Waals surface area contributed by atoms with Crippen LogP contribution in [0.15, 0.2) is 59.8 Å². The molecule has 2 atom stereocenters. The zero-order valence-electron chi connectivity index (χ0n) is 17.8. The summed E-state index contributed by atoms with van der Waals surface area (Å²) in [6.45, 7) is 4.03. The molecule has 3 rings (SSSR count). The smallest absolute Gasteiger partial charge is 0.335 e. The Morgan fingerprint density at radius 2 is 1.40 bits per heavy atom. The highest BCUT2D eigenvalue weighted by molar-refractivity contribution is 5.91. The van der Waals surface area contributed by atoms with Crippen LogP contribution in [-0.2, 0) is 19.1 Å². The Kier molecular flexibility index (Phi) is 6.77. The molecule has 30 heavy (non-hydrogen) atoms. The van der Waals surface area contributed by atoms with Gasteiger partial charge < -0.3 is 20.1 Å². The Hall–Kier alpha value is -3.28. The minimum Gasteiger partial charge on any atom is -0.469 e. The SMILES string of the molecule is COC(=O)C1=C(Nc2ccc(C)cc2)CC(C(=O)OC)C(Nc2ccc(C)cc2)C1. The largest absolute Gasteiger partial charge is 0.469 e. The molecular weight excluding hydrogens is 380 g/mol. The molecule has 2 N–H and O–H groups in total. The van der Waals surface area contributed by atoms with Crippen LogP contribution >= 0.6 is 0 Å². The minimum absolute atomic E-state index is 0.294. The Morgan fingerprint density at radius 1 is 0.833 bits per heavy atom. The average Bonchev–Trinajstić information content (AvgIpc) is 2.76. The maximum atomic E-state index is 12.6. The van der Waals surface area contributed by atoms with Gasteiger partial charge in [0, 0.05) is 36.0 Å². The van der Waals surface area contributed by atoms with Crippen LogP contribution in [0.5, 0.6) is 0 Å². The molecule has 0 saturated heterocycles. The van der Waals surface area contributed by atoms with Gasteiger partial charge >= 0.3 is 11.9 Å². The molecule has 0 radical (unpaired) electrons. The lowest BCUT2D eigenvalue weighted by Gasteiger charge is -2.34. The molecule has 1 aliphatic rings. The second-order valence-electron chi connectivity index (χ2n) is 7.59. The third-order valence-electron chi connectivity index (χ3n) is 5.38. The third kappa shape index (κ3) is 5.00. The van der Waals surface area contributed by atoms with Gasteiger partial charge in [-0.25, -0.2) is 4.79 Å². The number of aryl methyl sites for hydroxylation is 2. The number of allylic oxidation sites excluding steroid dienone is 1. The summed E-state index contributed by atoms with van der Waals surface area (Å²) in [6.07, 6.45) is 0.684. The van der Waals surface area contributed by atoms with E-state index in [0.717, 1.165) is 22.5 Å². The number of hydrogen-bond acceptors (Lipinski definition) is 6. The van der Waals surface area contributed by atoms with Crippen LogP contribution in [0.1, 0.15) is 24.0 Å². The Balaban J connectivity index is 1.93. The first kappa shape index (κ1) is 21.4. The number of nitrogens with one attached hydrogen (secondary N) is 2. The van der Waals surface area contributed by atoms with Gasteiger partial charge in [0.15, 0.2) is 0 Å². The molecule has 6 heteroatoms. The van der Waals surface area contributed by atoms with E-state index in [9.17, 15) is 9.59 Å². The maximum Gasteiger partial charge on any atom is 0.335 e. The molecule has 2 unspecified atom stereocenters. The topological polar surface area (TPSA) is 76.7 Å². The molecule has 0 aromatic heterocycles. The minimum atomic E-state index is -0.447. The van der Waals surface area contributed by atoms with E-state index in [-0.39, 0.29) is 12.0 Å². The molecule has 158 valence electrons. The summed E-state index contributed by atoms with van der Waals surface area (Å²) < 4.78 is 10.1. The normalized spacial score (nSPS) is 18.5. The van der Waals surface area contributed by atoms with Gasteiger partial charge in [0.2, 0.25) is 0 Å². The fourth-order valence-electron chi connectivity index (χ4n) is 3.65. The number of esters is 2. The second kappa shape index (κ2) is 9.48. The van der Waals surface area contributed by atoms with Crippen molar-refractivity contribution in [2.75, 3.05) is 24.9 Å². The van der Waals surface area contributed by atoms with E-state index < -0.39 is 11.9 Å². The lowest BCUT2D eigenvalue weighted by molar-refractivity contribution is -0.146. The standard InChI is InChI=1S/C24H28N2O4/c1-15-5-9-17(10-6-15)25-21-13-20(24(28)30-4)22(14-19(21)23(27)29-3)26-18-11-7-16(2)8-12-18/h5-12,19,21,25-26H,13-14H2,1-4H3. The Morgan fingerprint density at radius 3 is 1.93 bits per heavy atom. The van der Waals surface area contributed by atoms with Gasteiger partial charge in [-0.3, -0.25) is 4.79 Å². The van der Waals surface area contributed by atoms with Crippen molar-refractivity contribution in [1.82, 2.24) is 0 Å². The molecule has 6 nitrogen and oxygen atoms in total. The zero-order valence-corrected chi connectivity index (χ0v) is 17.8. The van der Waals surface area contributed by atoms with Crippen molar-refractivity contribution in [3.05, 3.63) is 70.9 Å². The van der Waals surface area contributed by atoms with Crippen molar-refractivity contribution < 1.29 is 19.1 Å². The van der Waals surface area contributed by atoms with Crippen molar-refractivity contribution in [3.63, 3.8) is 0 Å². The van der Waals surface area contributed by atoms with Gasteiger partial charge in [0.1, 0.15) is 0 Å². The molecule has 0 saturated carbocycles. The third-order valence-corrected chi connectivity index (χ3v) is 5.38. The van der Waals surface area contributed by atoms with Gasteiger partial charge in [0.05, 0.1) is 25.7 Å². The molecular formula is C24H28N2O4. The summed E-state index contributed by atoms with van der Waals surface area (Å²) in [5, 5.41) is 6.72. The van der Waals surface area contributed by atoms with Crippen LogP contribution < -0.4 is 10.6 Å². The summed E-state index contributed by atoms with van der Waals surface area (Å²) in [4.78, 5) is 25.1. The van der Waals surface area contributed by atoms with Crippen LogP contribution in [-0.4, -0.2) is 32.2 Å². The van der Waals surface area contributed by atoms with Crippen molar-refractivity contribution in [3.8, 4) is 0 Å². The molecule has 0 bridgehead atoms. The van der Waals surface area contributed by atoms with Gasteiger partial charge in [-0.1, -0.05) is 35.4 Å². The summed E-state index contributed by atoms with van der Waals surface area (Å²) in [7, 11) is 2.76. The summed E-state index contributed by atoms with van der Waals surface area (Å²) in [5.74, 6) is -1.16. The number of rotatable bonds is 6. The molecule has 2 aromatic carbocycles. The molecule has 2 aromatic rings. The molecule has 0 spiro atoms. The maximum absolute atomic E-state index is 12.6. The first-order valence-electron chi connectivity index (χ1n) is 9.96. The van der Waals surface area contributed by atoms with Gasteiger partial charge in [-0.15, -0.1) is 0 Å². The van der Waals surface area contributed by atoms with Crippen molar-refractivity contribution in [2.24, 2.45) is 5.92 Å². The molecule has 1 aliphatic carbocycles. The summed E-state index contributed by atoms with van der Waals surface area (Å²) >= 11 is 0. The van der Waals surface area contributed by atoms with Crippen LogP contribution in [0, 0.1) is 19.8 Å². The van der Waals surface area contributed by atoms with Gasteiger partial charge in [-0.05, 0) is 38.1 Å². The molecule has 0 heterocycles. The highest BCUT2D eigenvalue weighted by Crippen LogP contribution is 2.34. The van der Waals surface area contributed by atoms with E-state index in [0.29, 0.717) is 24.1 Å². The predicted molar refractivity (Wildman–Crippen MR) is 117 cm³/mol. The number of hydrogen-bond donors (Lipinski definition) is 2. The number of anilines is 2. The lowest BCUT2D eigenvalue weighted by atomic mass is 9.82. The lowest BCUT2D eigenvalue weighted by Crippen LogP contribution is -2.41. The number of methoxy groups -OCH3 is 2. The van der Waals surface area contributed by atoms with E-state index in [4.69, 9.17) is 9.47 Å². The Bertz CT molecular complexity index is 933. The molecule has 0 aliphatic heterocycles. The van der Waals surface area contributed by atoms with Crippen LogP contribution in [0.4, 0.5) is 11.4 Å². The van der Waals surface area contributed by atoms with Gasteiger partial charge in [-0.2, -0.15) is 0 Å². The van der Waals surface area contributed by atoms with Crippen molar-refractivity contribution in [1.29, 1.82) is 0 Å². The number of carbonyl (C=O) groups is 2. The number of ether oxygens (including phenoxy) is 2.